The molecule has 202 valence electrons. The first-order valence-corrected chi connectivity index (χ1v) is 13.4. The molecule has 1 saturated heterocycles. The van der Waals surface area contributed by atoms with Gasteiger partial charge in [-0.15, -0.1) is 5.10 Å². The predicted molar refractivity (Wildman–Crippen MR) is 138 cm³/mol. The van der Waals surface area contributed by atoms with Crippen LogP contribution >= 0.6 is 0 Å². The van der Waals surface area contributed by atoms with Crippen LogP contribution in [0.5, 0.6) is 0 Å². The van der Waals surface area contributed by atoms with E-state index in [1.54, 1.807) is 0 Å². The molecule has 10 nitrogen and oxygen atoms in total. The lowest BCUT2D eigenvalue weighted by molar-refractivity contribution is -0.191. The van der Waals surface area contributed by atoms with Gasteiger partial charge in [0.25, 0.3) is 0 Å². The molecule has 3 atom stereocenters. The standard InChI is InChI=1S/C27H36N6O2.CO2/c1-3-27-13-8-14-31(19-28)25(27)24-22(12-15-32-17-20(29-30-32)9-6-7-16-34)21-10-4-5-11-23(21)33(24)26(2,35)18-27;2-1-3/h4-5,10-11,17,25,34-35H,3,6-9,12-16,18H2,1-2H3;/t25-,26-,27+;/m1./s1. The zero-order valence-corrected chi connectivity index (χ0v) is 22.1. The number of aryl methyl sites for hydroxylation is 3. The molecule has 0 spiro atoms. The van der Waals surface area contributed by atoms with E-state index in [1.165, 1.54) is 5.56 Å². The highest BCUT2D eigenvalue weighted by molar-refractivity contribution is 5.86. The average Bonchev–Trinajstić information content (AvgIpc) is 3.50. The molecule has 1 fully saturated rings. The van der Waals surface area contributed by atoms with Crippen LogP contribution in [0.1, 0.15) is 75.4 Å². The molecule has 0 radical (unpaired) electrons. The van der Waals surface area contributed by atoms with Gasteiger partial charge in [-0.3, -0.25) is 4.68 Å². The maximum atomic E-state index is 11.8. The number of aliphatic hydroxyl groups excluding tert-OH is 1. The fourth-order valence-electron chi connectivity index (χ4n) is 6.77. The van der Waals surface area contributed by atoms with Crippen molar-refractivity contribution in [2.75, 3.05) is 13.2 Å². The van der Waals surface area contributed by atoms with Crippen molar-refractivity contribution in [2.24, 2.45) is 5.41 Å². The second-order valence-corrected chi connectivity index (χ2v) is 10.6. The highest BCUT2D eigenvalue weighted by Gasteiger charge is 2.55. The molecule has 38 heavy (non-hydrogen) atoms. The first kappa shape index (κ1) is 27.5. The zero-order chi connectivity index (χ0) is 27.3. The summed E-state index contributed by atoms with van der Waals surface area (Å²) in [5.41, 5.74) is 3.10. The molecule has 3 aromatic rings. The van der Waals surface area contributed by atoms with Crippen molar-refractivity contribution in [2.45, 2.75) is 83.5 Å². The normalized spacial score (nSPS) is 24.1. The highest BCUT2D eigenvalue weighted by atomic mass is 16.3. The van der Waals surface area contributed by atoms with Crippen molar-refractivity contribution in [3.05, 3.63) is 47.4 Å². The minimum Gasteiger partial charge on any atom is -0.396 e. The van der Waals surface area contributed by atoms with Gasteiger partial charge in [0, 0.05) is 48.8 Å². The Morgan fingerprint density at radius 1 is 1.21 bits per heavy atom. The number of aliphatic hydroxyl groups is 2. The lowest BCUT2D eigenvalue weighted by Crippen LogP contribution is -2.54. The summed E-state index contributed by atoms with van der Waals surface area (Å²) in [6.07, 6.45) is 11.5. The molecular formula is C28H36N6O4. The predicted octanol–water partition coefficient (Wildman–Crippen LogP) is 3.29. The summed E-state index contributed by atoms with van der Waals surface area (Å²) >= 11 is 0. The Balaban J connectivity index is 0.00000107. The number of fused-ring (bicyclic) bond motifs is 5. The van der Waals surface area contributed by atoms with E-state index in [0.29, 0.717) is 13.0 Å². The number of nitriles is 1. The van der Waals surface area contributed by atoms with Gasteiger partial charge < -0.3 is 19.7 Å². The third kappa shape index (κ3) is 4.97. The summed E-state index contributed by atoms with van der Waals surface area (Å²) in [4.78, 5) is 18.2. The van der Waals surface area contributed by atoms with Crippen LogP contribution in [-0.4, -0.2) is 54.0 Å². The Hall–Kier alpha value is -3.51. The van der Waals surface area contributed by atoms with Gasteiger partial charge in [-0.1, -0.05) is 30.3 Å². The molecule has 1 aromatic carbocycles. The van der Waals surface area contributed by atoms with E-state index in [1.807, 2.05) is 28.8 Å². The van der Waals surface area contributed by atoms with Gasteiger partial charge in [-0.2, -0.15) is 14.9 Å². The summed E-state index contributed by atoms with van der Waals surface area (Å²) in [7, 11) is 0. The number of hydrogen-bond acceptors (Lipinski definition) is 8. The second kappa shape index (κ2) is 11.5. The van der Waals surface area contributed by atoms with Crippen molar-refractivity contribution in [3.63, 3.8) is 0 Å². The van der Waals surface area contributed by atoms with Gasteiger partial charge in [0.1, 0.15) is 5.72 Å². The summed E-state index contributed by atoms with van der Waals surface area (Å²) in [6, 6.07) is 8.26. The molecule has 0 bridgehead atoms. The van der Waals surface area contributed by atoms with Crippen LogP contribution in [0.3, 0.4) is 0 Å². The lowest BCUT2D eigenvalue weighted by Gasteiger charge is -2.55. The number of aromatic nitrogens is 4. The van der Waals surface area contributed by atoms with Crippen molar-refractivity contribution < 1.29 is 19.8 Å². The minimum absolute atomic E-state index is 0.0429. The molecule has 0 aliphatic carbocycles. The van der Waals surface area contributed by atoms with Crippen LogP contribution in [0, 0.1) is 16.9 Å². The number of benzene rings is 1. The van der Waals surface area contributed by atoms with Crippen molar-refractivity contribution in [3.8, 4) is 6.19 Å². The molecule has 2 aliphatic rings. The Morgan fingerprint density at radius 3 is 2.68 bits per heavy atom. The van der Waals surface area contributed by atoms with E-state index in [9.17, 15) is 10.4 Å². The van der Waals surface area contributed by atoms with Crippen LogP contribution < -0.4 is 0 Å². The van der Waals surface area contributed by atoms with Crippen molar-refractivity contribution in [1.29, 1.82) is 5.26 Å². The molecule has 0 amide bonds. The van der Waals surface area contributed by atoms with Crippen LogP contribution in [0.2, 0.25) is 0 Å². The zero-order valence-electron chi connectivity index (χ0n) is 22.1. The molecule has 2 aliphatic heterocycles. The number of hydrogen-bond donors (Lipinski definition) is 2. The van der Waals surface area contributed by atoms with E-state index in [4.69, 9.17) is 14.7 Å². The molecule has 4 heterocycles. The van der Waals surface area contributed by atoms with E-state index in [0.717, 1.165) is 73.8 Å². The SMILES string of the molecule is CC[C@@]12CCCN(C#N)[C@@H]1c1c(CCn3cc(CCCCO)nn3)c3ccccc3n1[C@](C)(O)C2.O=C=O. The summed E-state index contributed by atoms with van der Waals surface area (Å²) in [5.74, 6) is 0. The van der Waals surface area contributed by atoms with Gasteiger partial charge in [-0.05, 0) is 63.5 Å². The Bertz CT molecular complexity index is 1330. The van der Waals surface area contributed by atoms with Crippen LogP contribution in [0.4, 0.5) is 0 Å². The topological polar surface area (TPSA) is 137 Å². The first-order valence-electron chi connectivity index (χ1n) is 13.4. The molecule has 10 heteroatoms. The molecule has 2 aromatic heterocycles. The quantitative estimate of drug-likeness (QED) is 0.341. The first-order chi connectivity index (χ1) is 18.4. The van der Waals surface area contributed by atoms with Gasteiger partial charge in [0.15, 0.2) is 6.19 Å². The van der Waals surface area contributed by atoms with Crippen molar-refractivity contribution in [1.82, 2.24) is 24.5 Å². The number of para-hydroxylation sites is 1. The van der Waals surface area contributed by atoms with Gasteiger partial charge in [0.2, 0.25) is 0 Å². The second-order valence-electron chi connectivity index (χ2n) is 10.6. The fourth-order valence-corrected chi connectivity index (χ4v) is 6.77. The largest absolute Gasteiger partial charge is 0.396 e. The minimum atomic E-state index is -1.02. The monoisotopic (exact) mass is 520 g/mol. The van der Waals surface area contributed by atoms with E-state index in [-0.39, 0.29) is 24.2 Å². The van der Waals surface area contributed by atoms with E-state index >= 15 is 0 Å². The summed E-state index contributed by atoms with van der Waals surface area (Å²) in [6.45, 7) is 5.77. The molecule has 0 unspecified atom stereocenters. The van der Waals surface area contributed by atoms with Gasteiger partial charge in [-0.25, -0.2) is 0 Å². The van der Waals surface area contributed by atoms with E-state index in [2.05, 4.69) is 46.2 Å². The third-order valence-corrected chi connectivity index (χ3v) is 8.26. The highest BCUT2D eigenvalue weighted by Crippen LogP contribution is 2.59. The van der Waals surface area contributed by atoms with Gasteiger partial charge >= 0.3 is 6.15 Å². The molecule has 0 saturated carbocycles. The van der Waals surface area contributed by atoms with E-state index < -0.39 is 5.72 Å². The number of likely N-dealkylation sites (tertiary alicyclic amines) is 1. The number of piperidine rings is 1. The maximum Gasteiger partial charge on any atom is 0.373 e. The van der Waals surface area contributed by atoms with Crippen LogP contribution in [0.15, 0.2) is 30.5 Å². The summed E-state index contributed by atoms with van der Waals surface area (Å²) < 4.78 is 4.01. The Morgan fingerprint density at radius 2 is 1.97 bits per heavy atom. The lowest BCUT2D eigenvalue weighted by atomic mass is 9.63. The Kier molecular flexibility index (Phi) is 8.32. The third-order valence-electron chi connectivity index (χ3n) is 8.26. The molecule has 5 rings (SSSR count). The number of carbonyl (C=O) groups excluding carboxylic acids is 2. The average molecular weight is 521 g/mol. The number of unbranched alkanes of at least 4 members (excludes halogenated alkanes) is 1. The smallest absolute Gasteiger partial charge is 0.373 e. The van der Waals surface area contributed by atoms with Crippen LogP contribution in [-0.2, 0) is 34.7 Å². The number of nitrogens with zero attached hydrogens (tertiary/aromatic N) is 6. The fraction of sp³-hybridized carbons (Fsp3) is 0.571. The Labute approximate surface area is 222 Å². The van der Waals surface area contributed by atoms with Crippen molar-refractivity contribution >= 4 is 17.1 Å². The molecule has 2 N–H and O–H groups in total. The summed E-state index contributed by atoms with van der Waals surface area (Å²) in [5, 5.41) is 40.8. The number of rotatable bonds is 8. The molecular weight excluding hydrogens is 484 g/mol. The van der Waals surface area contributed by atoms with Gasteiger partial charge in [0.05, 0.1) is 17.3 Å². The van der Waals surface area contributed by atoms with Crippen LogP contribution in [0.25, 0.3) is 10.9 Å². The maximum absolute atomic E-state index is 11.8.